The Hall–Kier alpha value is -2.47. The topological polar surface area (TPSA) is 82.5 Å². The van der Waals surface area contributed by atoms with Crippen molar-refractivity contribution in [2.45, 2.75) is 13.8 Å². The molecule has 2 N–H and O–H groups in total. The molecule has 138 valence electrons. The van der Waals surface area contributed by atoms with Crippen molar-refractivity contribution in [2.75, 3.05) is 26.2 Å². The average molecular weight is 355 g/mol. The van der Waals surface area contributed by atoms with Crippen molar-refractivity contribution in [3.63, 3.8) is 0 Å². The highest BCUT2D eigenvalue weighted by Gasteiger charge is 2.34. The standard InChI is InChI=1S/C20H25N3O3/c1-13-10-23(20(26)14(2)12-24)11-17(13)9-22-19(25)16-6-5-15-4-3-7-21-18(15)8-16/h3-8,13-14,17,24H,9-12H2,1-2H3,(H,22,25)/t13-,14?,17-/m1/s1. The van der Waals surface area contributed by atoms with Crippen LogP contribution in [0.25, 0.3) is 10.9 Å². The molecule has 2 amide bonds. The van der Waals surface area contributed by atoms with Crippen LogP contribution in [0.2, 0.25) is 0 Å². The molecule has 6 heteroatoms. The van der Waals surface area contributed by atoms with Gasteiger partial charge in [-0.3, -0.25) is 14.6 Å². The summed E-state index contributed by atoms with van der Waals surface area (Å²) in [4.78, 5) is 30.8. The number of nitrogens with one attached hydrogen (secondary N) is 1. The summed E-state index contributed by atoms with van der Waals surface area (Å²) in [6.45, 7) is 5.50. The number of amides is 2. The number of pyridine rings is 1. The van der Waals surface area contributed by atoms with Crippen molar-refractivity contribution in [3.8, 4) is 0 Å². The van der Waals surface area contributed by atoms with Crippen LogP contribution in [0, 0.1) is 17.8 Å². The fraction of sp³-hybridized carbons (Fsp3) is 0.450. The second-order valence-electron chi connectivity index (χ2n) is 7.19. The summed E-state index contributed by atoms with van der Waals surface area (Å²) in [6, 6.07) is 9.32. The van der Waals surface area contributed by atoms with E-state index in [0.717, 1.165) is 10.9 Å². The lowest BCUT2D eigenvalue weighted by atomic mass is 9.98. The lowest BCUT2D eigenvalue weighted by Crippen LogP contribution is -2.36. The van der Waals surface area contributed by atoms with Crippen molar-refractivity contribution < 1.29 is 14.7 Å². The van der Waals surface area contributed by atoms with Gasteiger partial charge < -0.3 is 15.3 Å². The Bertz CT molecular complexity index is 808. The van der Waals surface area contributed by atoms with Crippen LogP contribution in [-0.2, 0) is 4.79 Å². The zero-order valence-corrected chi connectivity index (χ0v) is 15.2. The molecule has 3 rings (SSSR count). The first-order valence-electron chi connectivity index (χ1n) is 9.02. The number of hydrogen-bond donors (Lipinski definition) is 2. The SMILES string of the molecule is CC(CO)C(=O)N1C[C@@H](CNC(=O)c2ccc3cccnc3c2)[C@H](C)C1. The molecule has 6 nitrogen and oxygen atoms in total. The van der Waals surface area contributed by atoms with E-state index in [-0.39, 0.29) is 30.3 Å². The molecule has 2 aromatic rings. The zero-order chi connectivity index (χ0) is 18.7. The maximum absolute atomic E-state index is 12.5. The molecule has 1 unspecified atom stereocenters. The van der Waals surface area contributed by atoms with Crippen LogP contribution in [0.15, 0.2) is 36.5 Å². The maximum Gasteiger partial charge on any atom is 0.251 e. The van der Waals surface area contributed by atoms with E-state index >= 15 is 0 Å². The van der Waals surface area contributed by atoms with Crippen LogP contribution in [0.5, 0.6) is 0 Å². The number of likely N-dealkylation sites (tertiary alicyclic amines) is 1. The summed E-state index contributed by atoms with van der Waals surface area (Å²) >= 11 is 0. The molecule has 1 saturated heterocycles. The monoisotopic (exact) mass is 355 g/mol. The molecule has 0 aliphatic carbocycles. The zero-order valence-electron chi connectivity index (χ0n) is 15.2. The number of nitrogens with zero attached hydrogens (tertiary/aromatic N) is 2. The molecule has 1 fully saturated rings. The number of fused-ring (bicyclic) bond motifs is 1. The van der Waals surface area contributed by atoms with Crippen molar-refractivity contribution in [3.05, 3.63) is 42.1 Å². The molecular weight excluding hydrogens is 330 g/mol. The van der Waals surface area contributed by atoms with Crippen molar-refractivity contribution in [1.29, 1.82) is 0 Å². The normalized spacial score (nSPS) is 21.0. The Morgan fingerprint density at radius 1 is 1.35 bits per heavy atom. The van der Waals surface area contributed by atoms with Crippen molar-refractivity contribution in [1.82, 2.24) is 15.2 Å². The van der Waals surface area contributed by atoms with Gasteiger partial charge in [0.15, 0.2) is 0 Å². The Kier molecular flexibility index (Phi) is 5.52. The van der Waals surface area contributed by atoms with Crippen LogP contribution < -0.4 is 5.32 Å². The van der Waals surface area contributed by atoms with E-state index < -0.39 is 0 Å². The molecule has 2 heterocycles. The third-order valence-corrected chi connectivity index (χ3v) is 5.17. The Morgan fingerprint density at radius 3 is 2.92 bits per heavy atom. The molecule has 1 aliphatic rings. The summed E-state index contributed by atoms with van der Waals surface area (Å²) in [7, 11) is 0. The van der Waals surface area contributed by atoms with E-state index in [9.17, 15) is 9.59 Å². The van der Waals surface area contributed by atoms with E-state index in [4.69, 9.17) is 5.11 Å². The predicted octanol–water partition coefficient (Wildman–Crippen LogP) is 1.69. The molecule has 0 spiro atoms. The minimum atomic E-state index is -0.374. The number of aliphatic hydroxyl groups excluding tert-OH is 1. The first kappa shape index (κ1) is 18.3. The molecule has 1 aromatic heterocycles. The predicted molar refractivity (Wildman–Crippen MR) is 99.6 cm³/mol. The number of hydrogen-bond acceptors (Lipinski definition) is 4. The molecule has 1 aromatic carbocycles. The van der Waals surface area contributed by atoms with Gasteiger partial charge in [0.1, 0.15) is 0 Å². The number of rotatable bonds is 5. The molecule has 3 atom stereocenters. The summed E-state index contributed by atoms with van der Waals surface area (Å²) in [5.41, 5.74) is 1.38. The van der Waals surface area contributed by atoms with Gasteiger partial charge >= 0.3 is 0 Å². The van der Waals surface area contributed by atoms with E-state index in [1.807, 2.05) is 18.2 Å². The number of benzene rings is 1. The third kappa shape index (κ3) is 3.85. The highest BCUT2D eigenvalue weighted by Crippen LogP contribution is 2.24. The first-order chi connectivity index (χ1) is 12.5. The van der Waals surface area contributed by atoms with Crippen LogP contribution in [0.4, 0.5) is 0 Å². The molecule has 26 heavy (non-hydrogen) atoms. The summed E-state index contributed by atoms with van der Waals surface area (Å²) < 4.78 is 0. The number of carbonyl (C=O) groups excluding carboxylic acids is 2. The fourth-order valence-corrected chi connectivity index (χ4v) is 3.40. The highest BCUT2D eigenvalue weighted by atomic mass is 16.3. The van der Waals surface area contributed by atoms with E-state index in [1.54, 1.807) is 30.2 Å². The lowest BCUT2D eigenvalue weighted by Gasteiger charge is -2.19. The minimum Gasteiger partial charge on any atom is -0.396 e. The smallest absolute Gasteiger partial charge is 0.251 e. The van der Waals surface area contributed by atoms with Gasteiger partial charge in [-0.1, -0.05) is 26.0 Å². The largest absolute Gasteiger partial charge is 0.396 e. The quantitative estimate of drug-likeness (QED) is 0.855. The van der Waals surface area contributed by atoms with Gasteiger partial charge in [-0.15, -0.1) is 0 Å². The average Bonchev–Trinajstić information content (AvgIpc) is 3.05. The fourth-order valence-electron chi connectivity index (χ4n) is 3.40. The van der Waals surface area contributed by atoms with Gasteiger partial charge in [0, 0.05) is 36.8 Å². The third-order valence-electron chi connectivity index (χ3n) is 5.17. The molecule has 0 saturated carbocycles. The summed E-state index contributed by atoms with van der Waals surface area (Å²) in [5.74, 6) is 0.00321. The highest BCUT2D eigenvalue weighted by molar-refractivity contribution is 5.97. The number of carbonyl (C=O) groups is 2. The van der Waals surface area contributed by atoms with Gasteiger partial charge in [0.25, 0.3) is 5.91 Å². The van der Waals surface area contributed by atoms with E-state index in [2.05, 4.69) is 17.2 Å². The Balaban J connectivity index is 1.59. The number of aromatic nitrogens is 1. The Morgan fingerprint density at radius 2 is 2.15 bits per heavy atom. The van der Waals surface area contributed by atoms with Crippen LogP contribution >= 0.6 is 0 Å². The second kappa shape index (κ2) is 7.83. The van der Waals surface area contributed by atoms with Crippen LogP contribution in [-0.4, -0.2) is 53.0 Å². The van der Waals surface area contributed by atoms with Crippen molar-refractivity contribution >= 4 is 22.7 Å². The summed E-state index contributed by atoms with van der Waals surface area (Å²) in [5, 5.41) is 13.2. The maximum atomic E-state index is 12.5. The Labute approximate surface area is 153 Å². The molecule has 1 aliphatic heterocycles. The number of aliphatic hydroxyl groups is 1. The van der Waals surface area contributed by atoms with Gasteiger partial charge in [0.2, 0.25) is 5.91 Å². The molecular formula is C20H25N3O3. The first-order valence-corrected chi connectivity index (χ1v) is 9.02. The van der Waals surface area contributed by atoms with Crippen LogP contribution in [0.3, 0.4) is 0 Å². The van der Waals surface area contributed by atoms with Gasteiger partial charge in [-0.25, -0.2) is 0 Å². The van der Waals surface area contributed by atoms with Gasteiger partial charge in [-0.05, 0) is 30.0 Å². The van der Waals surface area contributed by atoms with E-state index in [0.29, 0.717) is 31.1 Å². The molecule has 0 bridgehead atoms. The van der Waals surface area contributed by atoms with Crippen LogP contribution in [0.1, 0.15) is 24.2 Å². The van der Waals surface area contributed by atoms with Gasteiger partial charge in [-0.2, -0.15) is 0 Å². The lowest BCUT2D eigenvalue weighted by molar-refractivity contribution is -0.135. The second-order valence-corrected chi connectivity index (χ2v) is 7.19. The summed E-state index contributed by atoms with van der Waals surface area (Å²) in [6.07, 6.45) is 1.71. The molecule has 0 radical (unpaired) electrons. The minimum absolute atomic E-state index is 0.0196. The van der Waals surface area contributed by atoms with Gasteiger partial charge in [0.05, 0.1) is 18.0 Å². The van der Waals surface area contributed by atoms with Crippen molar-refractivity contribution in [2.24, 2.45) is 17.8 Å². The van der Waals surface area contributed by atoms with E-state index in [1.165, 1.54) is 0 Å².